The van der Waals surface area contributed by atoms with Crippen molar-refractivity contribution in [2.75, 3.05) is 11.4 Å². The normalized spacial score (nSPS) is 22.4. The summed E-state index contributed by atoms with van der Waals surface area (Å²) in [7, 11) is 0. The molecule has 0 aromatic heterocycles. The molecule has 2 fully saturated rings. The Balaban J connectivity index is 1.52. The minimum absolute atomic E-state index is 0.0376. The van der Waals surface area contributed by atoms with Crippen molar-refractivity contribution in [2.45, 2.75) is 57.4 Å². The van der Waals surface area contributed by atoms with Gasteiger partial charge in [-0.05, 0) is 91.8 Å². The molecule has 1 aliphatic heterocycles. The average Bonchev–Trinajstić information content (AvgIpc) is 3.50. The minimum Gasteiger partial charge on any atom is -0.330 e. The first kappa shape index (κ1) is 19.6. The lowest BCUT2D eigenvalue weighted by Crippen LogP contribution is -2.46. The molecule has 1 saturated carbocycles. The third-order valence-electron chi connectivity index (χ3n) is 5.85. The van der Waals surface area contributed by atoms with Gasteiger partial charge in [0.1, 0.15) is 6.04 Å². The average molecular weight is 492 g/mol. The van der Waals surface area contributed by atoms with Crippen LogP contribution in [-0.2, 0) is 14.4 Å². The maximum absolute atomic E-state index is 13.1. The first-order chi connectivity index (χ1) is 13.5. The quantitative estimate of drug-likeness (QED) is 0.342. The van der Waals surface area contributed by atoms with Gasteiger partial charge in [0.2, 0.25) is 11.8 Å². The molecule has 0 bridgehead atoms. The molecule has 3 amide bonds. The van der Waals surface area contributed by atoms with Crippen molar-refractivity contribution in [3.63, 3.8) is 0 Å². The van der Waals surface area contributed by atoms with Crippen LogP contribution in [0.3, 0.4) is 0 Å². The minimum atomic E-state index is -0.663. The summed E-state index contributed by atoms with van der Waals surface area (Å²) in [5.74, 6) is -0.401. The Morgan fingerprint density at radius 2 is 1.89 bits per heavy atom. The van der Waals surface area contributed by atoms with Gasteiger partial charge in [-0.3, -0.25) is 14.4 Å². The first-order valence-electron chi connectivity index (χ1n) is 10.2. The van der Waals surface area contributed by atoms with Crippen LogP contribution < -0.4 is 4.90 Å². The van der Waals surface area contributed by atoms with Crippen molar-refractivity contribution < 1.29 is 14.4 Å². The summed E-state index contributed by atoms with van der Waals surface area (Å²) in [6, 6.07) is 6.68. The summed E-state index contributed by atoms with van der Waals surface area (Å²) < 4.78 is 1.04. The second-order valence-electron chi connectivity index (χ2n) is 7.93. The number of imide groups is 1. The van der Waals surface area contributed by atoms with Gasteiger partial charge in [-0.25, -0.2) is 4.90 Å². The lowest BCUT2D eigenvalue weighted by molar-refractivity contribution is -0.139. The number of hydrogen-bond acceptors (Lipinski definition) is 3. The van der Waals surface area contributed by atoms with E-state index in [0.717, 1.165) is 35.7 Å². The molecule has 1 unspecified atom stereocenters. The summed E-state index contributed by atoms with van der Waals surface area (Å²) in [6.07, 6.45) is 9.58. The molecule has 1 heterocycles. The smallest absolute Gasteiger partial charge is 0.257 e. The molecule has 28 heavy (non-hydrogen) atoms. The van der Waals surface area contributed by atoms with Crippen LogP contribution >= 0.6 is 22.6 Å². The van der Waals surface area contributed by atoms with Crippen molar-refractivity contribution in [2.24, 2.45) is 5.92 Å². The van der Waals surface area contributed by atoms with Crippen LogP contribution in [0.4, 0.5) is 5.69 Å². The number of carbonyl (C=O) groups is 3. The molecule has 4 rings (SSSR count). The van der Waals surface area contributed by atoms with E-state index in [1.165, 1.54) is 23.3 Å². The molecular weight excluding hydrogens is 467 g/mol. The van der Waals surface area contributed by atoms with Gasteiger partial charge in [0.25, 0.3) is 5.91 Å². The van der Waals surface area contributed by atoms with Crippen LogP contribution in [0, 0.1) is 9.49 Å². The van der Waals surface area contributed by atoms with E-state index >= 15 is 0 Å². The number of benzene rings is 1. The number of halogens is 1. The molecule has 6 heteroatoms. The van der Waals surface area contributed by atoms with Gasteiger partial charge < -0.3 is 4.90 Å². The number of anilines is 1. The lowest BCUT2D eigenvalue weighted by Gasteiger charge is -2.28. The zero-order valence-corrected chi connectivity index (χ0v) is 18.1. The predicted molar refractivity (Wildman–Crippen MR) is 116 cm³/mol. The van der Waals surface area contributed by atoms with Gasteiger partial charge in [0, 0.05) is 16.0 Å². The first-order valence-corrected chi connectivity index (χ1v) is 11.2. The summed E-state index contributed by atoms with van der Waals surface area (Å²) >= 11 is 2.19. The summed E-state index contributed by atoms with van der Waals surface area (Å²) in [4.78, 5) is 41.7. The zero-order valence-electron chi connectivity index (χ0n) is 15.9. The lowest BCUT2D eigenvalue weighted by atomic mass is 9.97. The molecule has 2 aliphatic carbocycles. The van der Waals surface area contributed by atoms with E-state index in [0.29, 0.717) is 12.2 Å². The van der Waals surface area contributed by atoms with Crippen molar-refractivity contribution in [1.29, 1.82) is 0 Å². The van der Waals surface area contributed by atoms with Gasteiger partial charge in [-0.15, -0.1) is 0 Å². The highest BCUT2D eigenvalue weighted by Crippen LogP contribution is 2.34. The van der Waals surface area contributed by atoms with Gasteiger partial charge in [0.05, 0.1) is 12.1 Å². The Morgan fingerprint density at radius 1 is 1.14 bits per heavy atom. The number of nitrogens with zero attached hydrogens (tertiary/aromatic N) is 2. The van der Waals surface area contributed by atoms with Crippen LogP contribution in [-0.4, -0.2) is 35.2 Å². The predicted octanol–water partition coefficient (Wildman–Crippen LogP) is 4.05. The van der Waals surface area contributed by atoms with Crippen molar-refractivity contribution >= 4 is 46.0 Å². The second kappa shape index (κ2) is 8.35. The standard InChI is InChI=1S/C22H25IN2O3/c23-17-8-10-18(11-9-17)25-20(26)14-19(22(25)28)24(21(27)16-6-7-16)13-12-15-4-2-1-3-5-15/h4,8-11,16,19H,1-3,5-7,12-14H2. The molecule has 1 saturated heterocycles. The third-order valence-corrected chi connectivity index (χ3v) is 6.57. The maximum atomic E-state index is 13.1. The van der Waals surface area contributed by atoms with Crippen molar-refractivity contribution in [3.05, 3.63) is 39.5 Å². The van der Waals surface area contributed by atoms with E-state index in [1.807, 2.05) is 12.1 Å². The Bertz CT molecular complexity index is 814. The Labute approximate surface area is 179 Å². The summed E-state index contributed by atoms with van der Waals surface area (Å²) in [5.41, 5.74) is 1.97. The molecule has 1 aromatic rings. The van der Waals surface area contributed by atoms with Crippen LogP contribution in [0.2, 0.25) is 0 Å². The molecule has 5 nitrogen and oxygen atoms in total. The zero-order chi connectivity index (χ0) is 19.7. The van der Waals surface area contributed by atoms with E-state index in [4.69, 9.17) is 0 Å². The highest BCUT2D eigenvalue weighted by atomic mass is 127. The molecule has 0 spiro atoms. The van der Waals surface area contributed by atoms with E-state index in [2.05, 4.69) is 28.7 Å². The monoisotopic (exact) mass is 492 g/mol. The fourth-order valence-corrected chi connectivity index (χ4v) is 4.46. The fourth-order valence-electron chi connectivity index (χ4n) is 4.10. The summed E-state index contributed by atoms with van der Waals surface area (Å²) in [5, 5.41) is 0. The van der Waals surface area contributed by atoms with Crippen LogP contribution in [0.25, 0.3) is 0 Å². The molecule has 0 radical (unpaired) electrons. The molecule has 148 valence electrons. The van der Waals surface area contributed by atoms with Gasteiger partial charge in [-0.1, -0.05) is 11.6 Å². The molecule has 3 aliphatic rings. The number of carbonyl (C=O) groups excluding carboxylic acids is 3. The molecular formula is C22H25IN2O3. The van der Waals surface area contributed by atoms with Crippen molar-refractivity contribution in [1.82, 2.24) is 4.90 Å². The third kappa shape index (κ3) is 4.16. The number of amides is 3. The highest BCUT2D eigenvalue weighted by Gasteiger charge is 2.46. The number of allylic oxidation sites excluding steroid dienone is 1. The summed E-state index contributed by atoms with van der Waals surface area (Å²) in [6.45, 7) is 0.533. The molecule has 0 N–H and O–H groups in total. The highest BCUT2D eigenvalue weighted by molar-refractivity contribution is 14.1. The molecule has 1 atom stereocenters. The van der Waals surface area contributed by atoms with E-state index in [-0.39, 0.29) is 30.1 Å². The topological polar surface area (TPSA) is 57.7 Å². The van der Waals surface area contributed by atoms with Gasteiger partial charge in [-0.2, -0.15) is 0 Å². The van der Waals surface area contributed by atoms with Crippen molar-refractivity contribution in [3.8, 4) is 0 Å². The van der Waals surface area contributed by atoms with E-state index in [9.17, 15) is 14.4 Å². The largest absolute Gasteiger partial charge is 0.330 e. The maximum Gasteiger partial charge on any atom is 0.257 e. The second-order valence-corrected chi connectivity index (χ2v) is 9.17. The number of rotatable bonds is 6. The Kier molecular flexibility index (Phi) is 5.85. The van der Waals surface area contributed by atoms with Gasteiger partial charge in [0.15, 0.2) is 0 Å². The fraction of sp³-hybridized carbons (Fsp3) is 0.500. The Morgan fingerprint density at radius 3 is 2.54 bits per heavy atom. The SMILES string of the molecule is O=C1CC(N(CCC2=CCCCC2)C(=O)C2CC2)C(=O)N1c1ccc(I)cc1. The van der Waals surface area contributed by atoms with E-state index in [1.54, 1.807) is 17.0 Å². The Hall–Kier alpha value is -1.70. The molecule has 1 aromatic carbocycles. The van der Waals surface area contributed by atoms with Gasteiger partial charge >= 0.3 is 0 Å². The number of hydrogen-bond donors (Lipinski definition) is 0. The van der Waals surface area contributed by atoms with Crippen LogP contribution in [0.5, 0.6) is 0 Å². The van der Waals surface area contributed by atoms with Crippen LogP contribution in [0.15, 0.2) is 35.9 Å². The van der Waals surface area contributed by atoms with Crippen LogP contribution in [0.1, 0.15) is 51.4 Å². The van der Waals surface area contributed by atoms with E-state index < -0.39 is 6.04 Å².